The number of aliphatic hydroxyl groups excluding tert-OH is 1. The average Bonchev–Trinajstić information content (AvgIpc) is 2.98. The first-order valence-electron chi connectivity index (χ1n) is 12.1. The van der Waals surface area contributed by atoms with E-state index in [0.29, 0.717) is 0 Å². The van der Waals surface area contributed by atoms with E-state index in [1.165, 1.54) is 13.0 Å². The van der Waals surface area contributed by atoms with Crippen LogP contribution in [-0.2, 0) is 28.7 Å². The number of hydrogen-bond donors (Lipinski definition) is 1. The van der Waals surface area contributed by atoms with Gasteiger partial charge in [0.25, 0.3) is 0 Å². The van der Waals surface area contributed by atoms with Crippen molar-refractivity contribution in [2.24, 2.45) is 28.6 Å². The predicted octanol–water partition coefficient (Wildman–Crippen LogP) is 3.71. The molecule has 0 amide bonds. The van der Waals surface area contributed by atoms with E-state index in [9.17, 15) is 24.3 Å². The number of hydrogen-bond acceptors (Lipinski definition) is 7. The number of aliphatic hydroxyl groups is 1. The zero-order chi connectivity index (χ0) is 27.0. The molecule has 9 atom stereocenters. The van der Waals surface area contributed by atoms with Crippen LogP contribution in [0.25, 0.3) is 0 Å². The second-order valence-electron chi connectivity index (χ2n) is 11.1. The lowest BCUT2D eigenvalue weighted by atomic mass is 9.44. The molecule has 4 aliphatic carbocycles. The molecule has 4 rings (SSSR count). The maximum absolute atomic E-state index is 17.4. The van der Waals surface area contributed by atoms with Crippen molar-refractivity contribution in [2.45, 2.75) is 77.4 Å². The van der Waals surface area contributed by atoms with E-state index in [0.717, 1.165) is 19.9 Å². The Bertz CT molecular complexity index is 1100. The molecule has 0 aromatic carbocycles. The minimum atomic E-state index is -2.35. The topological polar surface area (TPSA) is 107 Å². The van der Waals surface area contributed by atoms with Crippen LogP contribution in [0.3, 0.4) is 0 Å². The van der Waals surface area contributed by atoms with Gasteiger partial charge in [0.2, 0.25) is 5.78 Å². The molecule has 0 aromatic heterocycles. The van der Waals surface area contributed by atoms with E-state index < -0.39 is 82.2 Å². The zero-order valence-electron chi connectivity index (χ0n) is 20.9. The van der Waals surface area contributed by atoms with Gasteiger partial charge in [0.05, 0.1) is 10.6 Å². The van der Waals surface area contributed by atoms with Gasteiger partial charge >= 0.3 is 11.9 Å². The van der Waals surface area contributed by atoms with E-state index in [4.69, 9.17) is 9.47 Å². The molecular weight excluding hydrogens is 542 g/mol. The summed E-state index contributed by atoms with van der Waals surface area (Å²) in [5.74, 6) is -4.88. The van der Waals surface area contributed by atoms with Crippen LogP contribution in [0, 0.1) is 28.6 Å². The van der Waals surface area contributed by atoms with Crippen LogP contribution in [0.15, 0.2) is 22.2 Å². The Hall–Kier alpha value is -1.94. The van der Waals surface area contributed by atoms with E-state index in [1.54, 1.807) is 13.8 Å². The number of Topliss-reactive ketones (excluding diaryl/α,β-unsaturated/α-hetero) is 1. The minimum absolute atomic E-state index is 0.0136. The van der Waals surface area contributed by atoms with E-state index in [1.807, 2.05) is 0 Å². The SMILES string of the molecule is CC(=O)OCC(=O)[C@]1(OC(C)=O)[C@@H](C)C[C@H]2[C@@H]3C[C@@H](F)C4=CC(=O)C(Br)=C[C@]4(C)[C@@]3(F)[C@@H](O)C[C@@]21C. The monoisotopic (exact) mass is 572 g/mol. The second-order valence-corrected chi connectivity index (χ2v) is 12.0. The van der Waals surface area contributed by atoms with Gasteiger partial charge in [0.1, 0.15) is 6.17 Å². The van der Waals surface area contributed by atoms with Gasteiger partial charge in [-0.3, -0.25) is 19.2 Å². The van der Waals surface area contributed by atoms with Crippen molar-refractivity contribution in [3.05, 3.63) is 22.2 Å². The van der Waals surface area contributed by atoms with Crippen molar-refractivity contribution in [2.75, 3.05) is 6.61 Å². The van der Waals surface area contributed by atoms with Crippen LogP contribution in [-0.4, -0.2) is 58.8 Å². The van der Waals surface area contributed by atoms with Crippen LogP contribution in [0.2, 0.25) is 0 Å². The van der Waals surface area contributed by atoms with E-state index >= 15 is 8.78 Å². The maximum atomic E-state index is 17.4. The highest BCUT2D eigenvalue weighted by Crippen LogP contribution is 2.71. The minimum Gasteiger partial charge on any atom is -0.458 e. The number of ether oxygens (including phenoxy) is 2. The van der Waals surface area contributed by atoms with Crippen molar-refractivity contribution in [3.63, 3.8) is 0 Å². The quantitative estimate of drug-likeness (QED) is 0.512. The van der Waals surface area contributed by atoms with Crippen LogP contribution in [0.5, 0.6) is 0 Å². The number of esters is 2. The van der Waals surface area contributed by atoms with Gasteiger partial charge in [-0.1, -0.05) is 19.9 Å². The molecule has 198 valence electrons. The molecule has 0 heterocycles. The number of alkyl halides is 2. The Morgan fingerprint density at radius 1 is 1.17 bits per heavy atom. The molecule has 1 N–H and O–H groups in total. The summed E-state index contributed by atoms with van der Waals surface area (Å²) in [7, 11) is 0. The molecule has 0 aliphatic heterocycles. The Balaban J connectivity index is 1.87. The Labute approximate surface area is 216 Å². The lowest BCUT2D eigenvalue weighted by Gasteiger charge is -2.63. The van der Waals surface area contributed by atoms with Crippen LogP contribution in [0.1, 0.15) is 53.9 Å². The van der Waals surface area contributed by atoms with Crippen molar-refractivity contribution in [1.29, 1.82) is 0 Å². The largest absolute Gasteiger partial charge is 0.458 e. The summed E-state index contributed by atoms with van der Waals surface area (Å²) in [6.45, 7) is 6.50. The van der Waals surface area contributed by atoms with Crippen molar-refractivity contribution < 1.29 is 42.5 Å². The normalized spacial score (nSPS) is 45.5. The molecule has 3 saturated carbocycles. The first-order chi connectivity index (χ1) is 16.6. The molecule has 0 radical (unpaired) electrons. The molecule has 0 bridgehead atoms. The molecule has 0 aromatic rings. The van der Waals surface area contributed by atoms with Crippen LogP contribution < -0.4 is 0 Å². The highest BCUT2D eigenvalue weighted by Gasteiger charge is 2.78. The van der Waals surface area contributed by atoms with Crippen LogP contribution >= 0.6 is 15.9 Å². The van der Waals surface area contributed by atoms with Gasteiger partial charge in [-0.15, -0.1) is 0 Å². The zero-order valence-corrected chi connectivity index (χ0v) is 22.5. The average molecular weight is 573 g/mol. The first-order valence-corrected chi connectivity index (χ1v) is 12.9. The number of carbonyl (C=O) groups excluding carboxylic acids is 4. The summed E-state index contributed by atoms with van der Waals surface area (Å²) >= 11 is 3.15. The fourth-order valence-corrected chi connectivity index (χ4v) is 8.52. The standard InChI is InChI=1S/C26H31BrF2O7/c1-12-6-15-16-7-19(28)17-8-20(32)18(27)9-23(17,4)25(16,29)21(33)10-24(15,5)26(12,36-14(3)31)22(34)11-35-13(2)30/h8-9,12,15-16,19,21,33H,6-7,10-11H2,1-5H3/t12-,15-,16-,19+,21-,23-,24-,25-,26+/m0/s1. The summed E-state index contributed by atoms with van der Waals surface area (Å²) in [6, 6.07) is 0. The van der Waals surface area contributed by atoms with Gasteiger partial charge in [-0.05, 0) is 59.7 Å². The third kappa shape index (κ3) is 3.35. The summed E-state index contributed by atoms with van der Waals surface area (Å²) < 4.78 is 43.9. The molecule has 0 unspecified atom stereocenters. The molecule has 4 aliphatic rings. The van der Waals surface area contributed by atoms with Gasteiger partial charge in [0, 0.05) is 36.5 Å². The Kier molecular flexibility index (Phi) is 6.43. The van der Waals surface area contributed by atoms with E-state index in [2.05, 4.69) is 15.9 Å². The van der Waals surface area contributed by atoms with Gasteiger partial charge < -0.3 is 14.6 Å². The number of halogens is 3. The fourth-order valence-electron chi connectivity index (χ4n) is 7.95. The van der Waals surface area contributed by atoms with Crippen LogP contribution in [0.4, 0.5) is 8.78 Å². The third-order valence-electron chi connectivity index (χ3n) is 9.35. The summed E-state index contributed by atoms with van der Waals surface area (Å²) in [5.41, 5.74) is -7.04. The lowest BCUT2D eigenvalue weighted by molar-refractivity contribution is -0.231. The molecule has 36 heavy (non-hydrogen) atoms. The molecular formula is C26H31BrF2O7. The van der Waals surface area contributed by atoms with Gasteiger partial charge in [-0.2, -0.15) is 0 Å². The summed E-state index contributed by atoms with van der Waals surface area (Å²) in [6.07, 6.45) is -1.19. The summed E-state index contributed by atoms with van der Waals surface area (Å²) in [5, 5.41) is 11.5. The molecule has 7 nitrogen and oxygen atoms in total. The highest BCUT2D eigenvalue weighted by molar-refractivity contribution is 9.12. The lowest BCUT2D eigenvalue weighted by Crippen LogP contribution is -2.71. The van der Waals surface area contributed by atoms with Gasteiger partial charge in [0.15, 0.2) is 23.7 Å². The first kappa shape index (κ1) is 27.1. The Morgan fingerprint density at radius 2 is 1.81 bits per heavy atom. The number of fused-ring (bicyclic) bond motifs is 5. The van der Waals surface area contributed by atoms with Crippen molar-refractivity contribution >= 4 is 39.4 Å². The maximum Gasteiger partial charge on any atom is 0.303 e. The fraction of sp³-hybridized carbons (Fsp3) is 0.692. The second kappa shape index (κ2) is 8.55. The predicted molar refractivity (Wildman–Crippen MR) is 127 cm³/mol. The Morgan fingerprint density at radius 3 is 2.39 bits per heavy atom. The van der Waals surface area contributed by atoms with E-state index in [-0.39, 0.29) is 29.3 Å². The molecule has 10 heteroatoms. The highest BCUT2D eigenvalue weighted by atomic mass is 79.9. The molecule has 0 saturated heterocycles. The smallest absolute Gasteiger partial charge is 0.303 e. The van der Waals surface area contributed by atoms with Gasteiger partial charge in [-0.25, -0.2) is 8.78 Å². The molecule has 0 spiro atoms. The third-order valence-corrected chi connectivity index (χ3v) is 9.97. The number of carbonyl (C=O) groups is 4. The number of allylic oxidation sites excluding steroid dienone is 4. The molecule has 3 fully saturated rings. The van der Waals surface area contributed by atoms with Crippen molar-refractivity contribution in [3.8, 4) is 0 Å². The number of ketones is 2. The van der Waals surface area contributed by atoms with Crippen molar-refractivity contribution in [1.82, 2.24) is 0 Å². The summed E-state index contributed by atoms with van der Waals surface area (Å²) in [4.78, 5) is 49.5. The number of rotatable bonds is 4.